The number of allylic oxidation sites excluding steroid dienone is 2. The average Bonchev–Trinajstić information content (AvgIpc) is 2.69. The van der Waals surface area contributed by atoms with E-state index < -0.39 is 6.68 Å². The van der Waals surface area contributed by atoms with Gasteiger partial charge < -0.3 is 9.84 Å². The highest BCUT2D eigenvalue weighted by Crippen LogP contribution is 2.24. The molecule has 0 atom stereocenters. The molecule has 1 N–H and O–H groups in total. The fourth-order valence-electron chi connectivity index (χ4n) is 2.69. The molecule has 30 heavy (non-hydrogen) atoms. The second kappa shape index (κ2) is 20.6. The summed E-state index contributed by atoms with van der Waals surface area (Å²) >= 11 is 0. The summed E-state index contributed by atoms with van der Waals surface area (Å²) in [6, 6.07) is 8.55. The number of Topliss-reactive ketones (excluding diaryl/α,β-unsaturated/α-hetero) is 1. The summed E-state index contributed by atoms with van der Waals surface area (Å²) in [4.78, 5) is 10.8. The van der Waals surface area contributed by atoms with E-state index in [-0.39, 0.29) is 17.8 Å². The van der Waals surface area contributed by atoms with Crippen LogP contribution in [-0.2, 0) is 16.0 Å². The number of carbonyl (C=O) groups is 1. The Bertz CT molecular complexity index is 534. The van der Waals surface area contributed by atoms with Crippen LogP contribution in [0.3, 0.4) is 0 Å². The molecule has 0 spiro atoms. The second-order valence-electron chi connectivity index (χ2n) is 7.07. The largest absolute Gasteiger partial charge is 0.393 e. The highest BCUT2D eigenvalue weighted by Gasteiger charge is 2.21. The zero-order valence-corrected chi connectivity index (χ0v) is 19.0. The first-order valence-corrected chi connectivity index (χ1v) is 10.4. The molecule has 1 aromatic carbocycles. The number of alkyl halides is 3. The minimum absolute atomic E-state index is 0.143. The van der Waals surface area contributed by atoms with E-state index in [0.29, 0.717) is 0 Å². The van der Waals surface area contributed by atoms with Crippen molar-refractivity contribution in [2.45, 2.75) is 79.0 Å². The van der Waals surface area contributed by atoms with E-state index in [2.05, 4.69) is 50.3 Å². The lowest BCUT2D eigenvalue weighted by molar-refractivity contribution is -0.122. The molecule has 2 rings (SSSR count). The monoisotopic (exact) mass is 432 g/mol. The van der Waals surface area contributed by atoms with E-state index >= 15 is 0 Å². The maximum absolute atomic E-state index is 10.8. The average molecular weight is 433 g/mol. The number of hydrogen-bond acceptors (Lipinski definition) is 3. The Hall–Kier alpha value is -1.66. The third-order valence-corrected chi connectivity index (χ3v) is 4.46. The summed E-state index contributed by atoms with van der Waals surface area (Å²) in [7, 11) is 1.73. The molecule has 0 aromatic heterocycles. The van der Waals surface area contributed by atoms with Gasteiger partial charge in [-0.1, -0.05) is 48.9 Å². The number of hydrogen-bond donors (Lipinski definition) is 1. The molecule has 0 radical (unpaired) electrons. The van der Waals surface area contributed by atoms with Gasteiger partial charge in [-0.15, -0.1) is 0 Å². The first-order valence-electron chi connectivity index (χ1n) is 10.4. The number of methoxy groups -OCH3 is 1. The second-order valence-corrected chi connectivity index (χ2v) is 7.07. The van der Waals surface area contributed by atoms with Crippen molar-refractivity contribution in [1.82, 2.24) is 0 Å². The summed E-state index contributed by atoms with van der Waals surface area (Å²) in [6.45, 7) is 5.04. The topological polar surface area (TPSA) is 46.5 Å². The molecule has 6 heteroatoms. The number of benzene rings is 1. The normalized spacial score (nSPS) is 17.8. The van der Waals surface area contributed by atoms with Gasteiger partial charge in [-0.05, 0) is 64.9 Å². The Kier molecular flexibility index (Phi) is 21.0. The molecule has 0 unspecified atom stereocenters. The van der Waals surface area contributed by atoms with E-state index in [1.807, 2.05) is 6.92 Å². The quantitative estimate of drug-likeness (QED) is 0.543. The van der Waals surface area contributed by atoms with Crippen molar-refractivity contribution in [3.63, 3.8) is 0 Å². The van der Waals surface area contributed by atoms with E-state index in [1.54, 1.807) is 14.0 Å². The van der Waals surface area contributed by atoms with E-state index in [0.717, 1.165) is 45.1 Å². The molecular weight excluding hydrogens is 393 g/mol. The first-order chi connectivity index (χ1) is 14.2. The lowest BCUT2D eigenvalue weighted by atomic mass is 9.85. The van der Waals surface area contributed by atoms with Gasteiger partial charge in [0, 0.05) is 13.0 Å². The number of rotatable bonds is 5. The fourth-order valence-corrected chi connectivity index (χ4v) is 2.69. The predicted octanol–water partition coefficient (Wildman–Crippen LogP) is 6.46. The summed E-state index contributed by atoms with van der Waals surface area (Å²) in [6.07, 6.45) is 9.60. The van der Waals surface area contributed by atoms with Crippen molar-refractivity contribution in [1.29, 1.82) is 0 Å². The van der Waals surface area contributed by atoms with Gasteiger partial charge in [0.2, 0.25) is 0 Å². The van der Waals surface area contributed by atoms with Crippen molar-refractivity contribution in [3.8, 4) is 0 Å². The van der Waals surface area contributed by atoms with Crippen LogP contribution in [0.5, 0.6) is 0 Å². The summed E-state index contributed by atoms with van der Waals surface area (Å²) in [5.74, 6) is 0.523. The maximum Gasteiger partial charge on any atom is 0.379 e. The Labute approximate surface area is 180 Å². The first kappa shape index (κ1) is 30.5. The van der Waals surface area contributed by atoms with Crippen LogP contribution in [0.15, 0.2) is 36.4 Å². The molecule has 174 valence electrons. The lowest BCUT2D eigenvalue weighted by Crippen LogP contribution is -2.22. The minimum atomic E-state index is -3.67. The summed E-state index contributed by atoms with van der Waals surface area (Å²) in [5, 5.41) is 9.10. The van der Waals surface area contributed by atoms with Gasteiger partial charge >= 0.3 is 6.68 Å². The Morgan fingerprint density at radius 2 is 1.67 bits per heavy atom. The van der Waals surface area contributed by atoms with Crippen LogP contribution in [-0.4, -0.2) is 37.4 Å². The smallest absolute Gasteiger partial charge is 0.379 e. The zero-order valence-electron chi connectivity index (χ0n) is 19.0. The third-order valence-electron chi connectivity index (χ3n) is 4.46. The van der Waals surface area contributed by atoms with Crippen molar-refractivity contribution < 1.29 is 27.8 Å². The van der Waals surface area contributed by atoms with Crippen molar-refractivity contribution >= 4 is 5.78 Å². The molecule has 0 saturated heterocycles. The molecule has 1 saturated carbocycles. The number of aryl methyl sites for hydroxylation is 1. The number of aliphatic hydroxyl groups excluding tert-OH is 1. The van der Waals surface area contributed by atoms with Gasteiger partial charge in [0.25, 0.3) is 0 Å². The molecule has 1 aromatic rings. The van der Waals surface area contributed by atoms with E-state index in [4.69, 9.17) is 9.84 Å². The number of aliphatic hydroxyl groups is 1. The van der Waals surface area contributed by atoms with E-state index in [1.165, 1.54) is 11.1 Å². The molecule has 0 heterocycles. The predicted molar refractivity (Wildman–Crippen MR) is 118 cm³/mol. The van der Waals surface area contributed by atoms with Gasteiger partial charge in [-0.2, -0.15) is 13.2 Å². The SMILES string of the molecule is C/C=C\CC.CC(=O)C1CCC(O)CC1.COCCc1ccc(C)cc1.FC(F)F. The standard InChI is InChI=1S/C10H14O.C8H14O2.C5H10.CHF3/c1-9-3-5-10(6-4-9)7-8-11-2;1-6(9)7-2-4-8(10)5-3-7;1-3-5-4-2;2-1(3)4/h3-6H,7-8H2,1-2H3;7-8,10H,2-5H2,1H3;3,5H,4H2,1-2H3;1H/b;;5-3-;. The molecule has 0 amide bonds. The molecule has 3 nitrogen and oxygen atoms in total. The Morgan fingerprint density at radius 3 is 2.00 bits per heavy atom. The highest BCUT2D eigenvalue weighted by molar-refractivity contribution is 5.78. The molecule has 0 bridgehead atoms. The van der Waals surface area contributed by atoms with Crippen molar-refractivity contribution in [2.24, 2.45) is 5.92 Å². The van der Waals surface area contributed by atoms with Crippen LogP contribution in [0.4, 0.5) is 13.2 Å². The molecule has 1 aliphatic rings. The lowest BCUT2D eigenvalue weighted by Gasteiger charge is -2.22. The van der Waals surface area contributed by atoms with Crippen LogP contribution < -0.4 is 0 Å². The molecule has 0 aliphatic heterocycles. The van der Waals surface area contributed by atoms with Crippen LogP contribution >= 0.6 is 0 Å². The van der Waals surface area contributed by atoms with Crippen LogP contribution in [0, 0.1) is 12.8 Å². The van der Waals surface area contributed by atoms with Gasteiger partial charge in [-0.25, -0.2) is 0 Å². The molecular formula is C24H39F3O3. The van der Waals surface area contributed by atoms with Gasteiger partial charge in [-0.3, -0.25) is 4.79 Å². The number of ether oxygens (including phenoxy) is 1. The Balaban J connectivity index is 0. The van der Waals surface area contributed by atoms with Gasteiger partial charge in [0.05, 0.1) is 12.7 Å². The van der Waals surface area contributed by atoms with E-state index in [9.17, 15) is 18.0 Å². The van der Waals surface area contributed by atoms with Gasteiger partial charge in [0.1, 0.15) is 5.78 Å². The van der Waals surface area contributed by atoms with Gasteiger partial charge in [0.15, 0.2) is 0 Å². The minimum Gasteiger partial charge on any atom is -0.393 e. The number of ketones is 1. The van der Waals surface area contributed by atoms with Crippen LogP contribution in [0.1, 0.15) is 64.0 Å². The summed E-state index contributed by atoms with van der Waals surface area (Å²) < 4.78 is 34.0. The number of carbonyl (C=O) groups excluding carboxylic acids is 1. The van der Waals surface area contributed by atoms with Crippen molar-refractivity contribution in [2.75, 3.05) is 13.7 Å². The molecule has 1 aliphatic carbocycles. The number of halogens is 3. The third kappa shape index (κ3) is 21.1. The summed E-state index contributed by atoms with van der Waals surface area (Å²) in [5.41, 5.74) is 2.66. The van der Waals surface area contributed by atoms with Crippen LogP contribution in [0.25, 0.3) is 0 Å². The Morgan fingerprint density at radius 1 is 1.17 bits per heavy atom. The molecule has 1 fully saturated rings. The van der Waals surface area contributed by atoms with Crippen LogP contribution in [0.2, 0.25) is 0 Å². The fraction of sp³-hybridized carbons (Fsp3) is 0.625. The highest BCUT2D eigenvalue weighted by atomic mass is 19.4. The maximum atomic E-state index is 10.8. The zero-order chi connectivity index (χ0) is 23.4. The van der Waals surface area contributed by atoms with Crippen molar-refractivity contribution in [3.05, 3.63) is 47.5 Å².